The molecule has 2 N–H and O–H groups in total. The second-order valence-electron chi connectivity index (χ2n) is 10.2. The summed E-state index contributed by atoms with van der Waals surface area (Å²) in [6, 6.07) is 1.99. The number of Topliss-reactive ketones (excluding diaryl/α,β-unsaturated/α-hetero) is 1. The van der Waals surface area contributed by atoms with Gasteiger partial charge in [-0.15, -0.1) is 0 Å². The molecule has 0 aliphatic heterocycles. The summed E-state index contributed by atoms with van der Waals surface area (Å²) in [6.45, 7) is -0.0782. The summed E-state index contributed by atoms with van der Waals surface area (Å²) in [7, 11) is 4.42. The molecule has 2 amide bonds. The van der Waals surface area contributed by atoms with E-state index in [-0.39, 0.29) is 41.5 Å². The van der Waals surface area contributed by atoms with Crippen molar-refractivity contribution in [3.8, 4) is 0 Å². The first-order chi connectivity index (χ1) is 19.6. The molecule has 0 unspecified atom stereocenters. The molecule has 41 heavy (non-hydrogen) atoms. The topological polar surface area (TPSA) is 139 Å². The Hall–Kier alpha value is -4.06. The molecule has 0 bridgehead atoms. The van der Waals surface area contributed by atoms with Crippen LogP contribution in [0.4, 0.5) is 9.18 Å². The molecule has 1 atom stereocenters. The highest BCUT2D eigenvalue weighted by atomic mass is 35.5. The van der Waals surface area contributed by atoms with Crippen molar-refractivity contribution >= 4 is 40.4 Å². The molecule has 1 aliphatic rings. The van der Waals surface area contributed by atoms with E-state index in [1.807, 2.05) is 0 Å². The molecule has 218 valence electrons. The van der Waals surface area contributed by atoms with E-state index < -0.39 is 29.3 Å². The van der Waals surface area contributed by atoms with Crippen LogP contribution in [0.2, 0.25) is 5.15 Å². The van der Waals surface area contributed by atoms with Gasteiger partial charge in [0.15, 0.2) is 11.6 Å². The van der Waals surface area contributed by atoms with E-state index in [9.17, 15) is 23.6 Å². The molecule has 1 saturated carbocycles. The fourth-order valence-electron chi connectivity index (χ4n) is 4.34. The average molecular weight is 587 g/mol. The normalized spacial score (nSPS) is 13.9. The number of pyridine rings is 2. The predicted molar refractivity (Wildman–Crippen MR) is 150 cm³/mol. The van der Waals surface area contributed by atoms with Crippen LogP contribution in [-0.4, -0.2) is 69.4 Å². The number of amides is 2. The van der Waals surface area contributed by atoms with Gasteiger partial charge in [0.25, 0.3) is 5.56 Å². The van der Waals surface area contributed by atoms with Gasteiger partial charge in [0.1, 0.15) is 16.5 Å². The number of halogens is 2. The zero-order valence-electron chi connectivity index (χ0n) is 23.1. The van der Waals surface area contributed by atoms with E-state index in [1.165, 1.54) is 34.8 Å². The third kappa shape index (κ3) is 7.57. The molecular formula is C28H32ClFN6O5. The number of aromatic amines is 1. The van der Waals surface area contributed by atoms with Gasteiger partial charge in [-0.3, -0.25) is 23.9 Å². The maximum atomic E-state index is 14.5. The monoisotopic (exact) mass is 586 g/mol. The number of carbonyl (C=O) groups is 3. The molecule has 0 spiro atoms. The van der Waals surface area contributed by atoms with Gasteiger partial charge >= 0.3 is 6.09 Å². The Morgan fingerprint density at radius 2 is 2.07 bits per heavy atom. The van der Waals surface area contributed by atoms with Gasteiger partial charge in [0.2, 0.25) is 5.91 Å². The maximum absolute atomic E-state index is 14.5. The van der Waals surface area contributed by atoms with Crippen molar-refractivity contribution in [1.29, 1.82) is 0 Å². The number of likely N-dealkylation sites (N-methyl/N-ethyl adjacent to an activating group) is 1. The Morgan fingerprint density at radius 1 is 1.32 bits per heavy atom. The minimum absolute atomic E-state index is 0.0782. The smallest absolute Gasteiger partial charge is 0.407 e. The van der Waals surface area contributed by atoms with E-state index in [0.29, 0.717) is 23.7 Å². The van der Waals surface area contributed by atoms with Crippen LogP contribution in [0.15, 0.2) is 35.3 Å². The molecule has 3 heterocycles. The van der Waals surface area contributed by atoms with Gasteiger partial charge in [-0.25, -0.2) is 14.2 Å². The number of rotatable bonds is 12. The minimum Gasteiger partial charge on any atom is -0.453 e. The number of H-pyrrole nitrogens is 1. The molecule has 0 aromatic carbocycles. The molecule has 0 radical (unpaired) electrons. The number of carbonyl (C=O) groups excluding carboxylic acids is 3. The maximum Gasteiger partial charge on any atom is 0.407 e. The van der Waals surface area contributed by atoms with E-state index in [2.05, 4.69) is 25.0 Å². The van der Waals surface area contributed by atoms with E-state index in [1.54, 1.807) is 20.2 Å². The van der Waals surface area contributed by atoms with Gasteiger partial charge in [0.05, 0.1) is 37.1 Å². The van der Waals surface area contributed by atoms with E-state index in [0.717, 1.165) is 31.2 Å². The van der Waals surface area contributed by atoms with Crippen molar-refractivity contribution in [3.05, 3.63) is 68.9 Å². The second-order valence-corrected chi connectivity index (χ2v) is 10.6. The lowest BCUT2D eigenvalue weighted by Crippen LogP contribution is -2.42. The van der Waals surface area contributed by atoms with Crippen LogP contribution in [0, 0.1) is 11.7 Å². The van der Waals surface area contributed by atoms with Crippen LogP contribution in [0.1, 0.15) is 42.8 Å². The third-order valence-electron chi connectivity index (χ3n) is 6.84. The molecule has 1 fully saturated rings. The summed E-state index contributed by atoms with van der Waals surface area (Å²) in [4.78, 5) is 63.3. The molecule has 3 aromatic rings. The molecule has 0 saturated heterocycles. The standard InChI is InChI=1S/C28H32ClFN6O5/c1-35(2)24(38)7-5-4-6-19(32-28(40)41-3)21(37)13-17-10-11-22(29)36(27(17)39)15-23-33-25-18(30)14-31-20(26(25)34-23)12-16-8-9-16/h5,7,10-11,14,16,19H,4,6,8-9,12-13,15H2,1-3H3,(H,32,40)(H,33,34)/b7-5+/t19-/m0/s1. The Labute approximate surface area is 240 Å². The number of methoxy groups -OCH3 is 1. The number of aromatic nitrogens is 4. The first-order valence-electron chi connectivity index (χ1n) is 13.2. The summed E-state index contributed by atoms with van der Waals surface area (Å²) in [5, 5.41) is 2.61. The summed E-state index contributed by atoms with van der Waals surface area (Å²) >= 11 is 6.35. The van der Waals surface area contributed by atoms with Crippen molar-refractivity contribution in [2.75, 3.05) is 21.2 Å². The molecule has 11 nitrogen and oxygen atoms in total. The number of nitrogens with zero attached hydrogens (tertiary/aromatic N) is 4. The second kappa shape index (κ2) is 13.1. The molecular weight excluding hydrogens is 555 g/mol. The van der Waals surface area contributed by atoms with Crippen LogP contribution in [0.25, 0.3) is 11.0 Å². The van der Waals surface area contributed by atoms with Crippen LogP contribution >= 0.6 is 11.6 Å². The Bertz CT molecular complexity index is 1540. The first-order valence-corrected chi connectivity index (χ1v) is 13.6. The fourth-order valence-corrected chi connectivity index (χ4v) is 4.54. The number of fused-ring (bicyclic) bond motifs is 1. The van der Waals surface area contributed by atoms with Crippen LogP contribution in [0.5, 0.6) is 0 Å². The van der Waals surface area contributed by atoms with Crippen molar-refractivity contribution in [2.45, 2.75) is 51.1 Å². The van der Waals surface area contributed by atoms with Gasteiger partial charge in [-0.1, -0.05) is 23.7 Å². The molecule has 1 aliphatic carbocycles. The van der Waals surface area contributed by atoms with Gasteiger partial charge < -0.3 is 19.9 Å². The average Bonchev–Trinajstić information content (AvgIpc) is 3.66. The number of alkyl carbamates (subject to hydrolysis) is 1. The lowest BCUT2D eigenvalue weighted by atomic mass is 10.0. The van der Waals surface area contributed by atoms with Gasteiger partial charge in [-0.2, -0.15) is 0 Å². The van der Waals surface area contributed by atoms with Crippen LogP contribution in [0.3, 0.4) is 0 Å². The zero-order valence-corrected chi connectivity index (χ0v) is 23.8. The predicted octanol–water partition coefficient (Wildman–Crippen LogP) is 3.17. The summed E-state index contributed by atoms with van der Waals surface area (Å²) < 4.78 is 20.4. The largest absolute Gasteiger partial charge is 0.453 e. The zero-order chi connectivity index (χ0) is 29.7. The highest BCUT2D eigenvalue weighted by molar-refractivity contribution is 6.29. The minimum atomic E-state index is -0.958. The van der Waals surface area contributed by atoms with Crippen molar-refractivity contribution < 1.29 is 23.5 Å². The number of ketones is 1. The Kier molecular flexibility index (Phi) is 9.53. The lowest BCUT2D eigenvalue weighted by molar-refractivity contribution is -0.123. The van der Waals surface area contributed by atoms with Gasteiger partial charge in [0, 0.05) is 26.1 Å². The van der Waals surface area contributed by atoms with Crippen molar-refractivity contribution in [2.24, 2.45) is 5.92 Å². The summed E-state index contributed by atoms with van der Waals surface area (Å²) in [5.74, 6) is -0.345. The molecule has 3 aromatic heterocycles. The van der Waals surface area contributed by atoms with Crippen molar-refractivity contribution in [3.63, 3.8) is 0 Å². The lowest BCUT2D eigenvalue weighted by Gasteiger charge is -2.17. The number of ether oxygens (including phenoxy) is 1. The van der Waals surface area contributed by atoms with Crippen LogP contribution in [-0.2, 0) is 33.7 Å². The quantitative estimate of drug-likeness (QED) is 0.245. The number of hydrogen-bond acceptors (Lipinski definition) is 7. The molecule has 4 rings (SSSR count). The van der Waals surface area contributed by atoms with Crippen molar-refractivity contribution in [1.82, 2.24) is 29.7 Å². The highest BCUT2D eigenvalue weighted by Crippen LogP contribution is 2.33. The highest BCUT2D eigenvalue weighted by Gasteiger charge is 2.25. The summed E-state index contributed by atoms with van der Waals surface area (Å²) in [6.07, 6.45) is 6.53. The fraction of sp³-hybridized carbons (Fsp3) is 0.429. The van der Waals surface area contributed by atoms with Crippen LogP contribution < -0.4 is 10.9 Å². The first kappa shape index (κ1) is 29.9. The number of imidazole rings is 1. The van der Waals surface area contributed by atoms with E-state index in [4.69, 9.17) is 11.6 Å². The SMILES string of the molecule is COC(=O)N[C@@H](CC/C=C/C(=O)N(C)C)C(=O)Cc1ccc(Cl)n(Cc2nc3c(F)cnc(CC4CC4)c3[nH]2)c1=O. The number of hydrogen-bond donors (Lipinski definition) is 2. The summed E-state index contributed by atoms with van der Waals surface area (Å²) in [5.41, 5.74) is 1.02. The Morgan fingerprint density at radius 3 is 2.76 bits per heavy atom. The molecule has 13 heteroatoms. The third-order valence-corrected chi connectivity index (χ3v) is 7.17. The Balaban J connectivity index is 1.52. The number of allylic oxidation sites excluding steroid dienone is 1. The van der Waals surface area contributed by atoms with Gasteiger partial charge in [-0.05, 0) is 50.2 Å². The number of nitrogens with one attached hydrogen (secondary N) is 2. The van der Waals surface area contributed by atoms with E-state index >= 15 is 0 Å².